The van der Waals surface area contributed by atoms with Crippen molar-refractivity contribution in [3.05, 3.63) is 35.5 Å². The Morgan fingerprint density at radius 2 is 2.24 bits per heavy atom. The van der Waals surface area contributed by atoms with Gasteiger partial charge >= 0.3 is 6.01 Å². The summed E-state index contributed by atoms with van der Waals surface area (Å²) in [4.78, 5) is 22.5. The van der Waals surface area contributed by atoms with Crippen LogP contribution in [0, 0.1) is 13.8 Å². The summed E-state index contributed by atoms with van der Waals surface area (Å²) in [6.45, 7) is 5.34. The van der Waals surface area contributed by atoms with Gasteiger partial charge in [-0.25, -0.2) is 9.97 Å². The maximum Gasteiger partial charge on any atom is 0.316 e. The zero-order valence-electron chi connectivity index (χ0n) is 14.3. The Hall–Kier alpha value is -2.48. The number of carbonyl (C=O) groups is 1. The normalized spacial score (nSPS) is 21.8. The Morgan fingerprint density at radius 3 is 2.96 bits per heavy atom. The Morgan fingerprint density at radius 1 is 1.40 bits per heavy atom. The van der Waals surface area contributed by atoms with E-state index in [0.29, 0.717) is 43.6 Å². The topological polar surface area (TPSA) is 90.6 Å². The van der Waals surface area contributed by atoms with Crippen LogP contribution in [-0.4, -0.2) is 57.3 Å². The molecule has 1 atom stereocenters. The molecule has 1 spiro atoms. The van der Waals surface area contributed by atoms with Gasteiger partial charge in [-0.1, -0.05) is 5.16 Å². The van der Waals surface area contributed by atoms with Crippen molar-refractivity contribution >= 4 is 5.91 Å². The molecule has 4 rings (SSSR count). The lowest BCUT2D eigenvalue weighted by Gasteiger charge is -2.52. The van der Waals surface area contributed by atoms with Crippen molar-refractivity contribution in [3.8, 4) is 6.01 Å². The minimum atomic E-state index is -0.346. The molecule has 2 saturated heterocycles. The summed E-state index contributed by atoms with van der Waals surface area (Å²) < 4.78 is 16.8. The second-order valence-corrected chi connectivity index (χ2v) is 6.73. The van der Waals surface area contributed by atoms with E-state index in [4.69, 9.17) is 14.0 Å². The highest BCUT2D eigenvalue weighted by atomic mass is 16.5. The predicted molar refractivity (Wildman–Crippen MR) is 86.2 cm³/mol. The van der Waals surface area contributed by atoms with E-state index in [1.807, 2.05) is 13.0 Å². The number of rotatable bonds is 3. The smallest absolute Gasteiger partial charge is 0.316 e. The van der Waals surface area contributed by atoms with Crippen molar-refractivity contribution in [1.29, 1.82) is 0 Å². The van der Waals surface area contributed by atoms with Gasteiger partial charge in [0.05, 0.1) is 19.7 Å². The summed E-state index contributed by atoms with van der Waals surface area (Å²) in [6.07, 6.45) is 3.18. The van der Waals surface area contributed by atoms with Crippen LogP contribution in [0.5, 0.6) is 6.01 Å². The molecule has 0 aromatic carbocycles. The van der Waals surface area contributed by atoms with E-state index in [-0.39, 0.29) is 17.6 Å². The molecule has 25 heavy (non-hydrogen) atoms. The van der Waals surface area contributed by atoms with E-state index in [2.05, 4.69) is 15.1 Å². The fourth-order valence-corrected chi connectivity index (χ4v) is 3.36. The first-order valence-electron chi connectivity index (χ1n) is 8.36. The highest BCUT2D eigenvalue weighted by Crippen LogP contribution is 2.36. The molecule has 0 N–H and O–H groups in total. The average Bonchev–Trinajstić information content (AvgIpc) is 2.99. The quantitative estimate of drug-likeness (QED) is 0.834. The van der Waals surface area contributed by atoms with Gasteiger partial charge in [0, 0.05) is 30.8 Å². The maximum atomic E-state index is 12.4. The fraction of sp³-hybridized carbons (Fsp3) is 0.529. The summed E-state index contributed by atoms with van der Waals surface area (Å²) in [5, 5.41) is 3.78. The molecule has 2 aromatic rings. The third-order valence-corrected chi connectivity index (χ3v) is 4.58. The summed E-state index contributed by atoms with van der Waals surface area (Å²) in [6, 6.07) is 3.88. The van der Waals surface area contributed by atoms with Crippen molar-refractivity contribution in [3.63, 3.8) is 0 Å². The van der Waals surface area contributed by atoms with Crippen LogP contribution in [0.1, 0.15) is 34.8 Å². The highest BCUT2D eigenvalue weighted by molar-refractivity contribution is 5.93. The first kappa shape index (κ1) is 16.0. The second kappa shape index (κ2) is 6.11. The van der Waals surface area contributed by atoms with Crippen LogP contribution < -0.4 is 4.74 Å². The van der Waals surface area contributed by atoms with Gasteiger partial charge < -0.3 is 18.9 Å². The van der Waals surface area contributed by atoms with Gasteiger partial charge in [0.2, 0.25) is 0 Å². The van der Waals surface area contributed by atoms with E-state index in [1.54, 1.807) is 24.1 Å². The number of hydrogen-bond acceptors (Lipinski definition) is 7. The molecule has 0 aliphatic carbocycles. The molecule has 0 bridgehead atoms. The summed E-state index contributed by atoms with van der Waals surface area (Å²) in [7, 11) is 0. The van der Waals surface area contributed by atoms with Crippen molar-refractivity contribution < 1.29 is 18.8 Å². The second-order valence-electron chi connectivity index (χ2n) is 6.73. The summed E-state index contributed by atoms with van der Waals surface area (Å²) in [5.74, 6) is 0.496. The van der Waals surface area contributed by atoms with Crippen LogP contribution in [0.4, 0.5) is 0 Å². The van der Waals surface area contributed by atoms with Gasteiger partial charge in [-0.05, 0) is 19.9 Å². The van der Waals surface area contributed by atoms with Crippen LogP contribution in [0.2, 0.25) is 0 Å². The third-order valence-electron chi connectivity index (χ3n) is 4.58. The van der Waals surface area contributed by atoms with E-state index in [1.165, 1.54) is 0 Å². The van der Waals surface area contributed by atoms with Crippen molar-refractivity contribution in [2.75, 3.05) is 19.7 Å². The minimum Gasteiger partial charge on any atom is -0.460 e. The molecule has 2 aliphatic rings. The van der Waals surface area contributed by atoms with Crippen molar-refractivity contribution in [2.24, 2.45) is 0 Å². The number of ether oxygens (including phenoxy) is 2. The fourth-order valence-electron chi connectivity index (χ4n) is 3.36. The van der Waals surface area contributed by atoms with Gasteiger partial charge in [-0.15, -0.1) is 0 Å². The molecule has 8 heteroatoms. The lowest BCUT2D eigenvalue weighted by Crippen LogP contribution is -2.67. The highest BCUT2D eigenvalue weighted by Gasteiger charge is 2.50. The first-order chi connectivity index (χ1) is 12.0. The number of amides is 1. The molecular weight excluding hydrogens is 324 g/mol. The van der Waals surface area contributed by atoms with Crippen molar-refractivity contribution in [1.82, 2.24) is 20.0 Å². The minimum absolute atomic E-state index is 0.0119. The molecule has 2 fully saturated rings. The van der Waals surface area contributed by atoms with Gasteiger partial charge in [0.15, 0.2) is 5.69 Å². The predicted octanol–water partition coefficient (Wildman–Crippen LogP) is 1.53. The number of nitrogens with zero attached hydrogens (tertiary/aromatic N) is 4. The number of carbonyl (C=O) groups excluding carboxylic acids is 1. The van der Waals surface area contributed by atoms with E-state index >= 15 is 0 Å². The van der Waals surface area contributed by atoms with Crippen LogP contribution in [-0.2, 0) is 4.74 Å². The van der Waals surface area contributed by atoms with Gasteiger partial charge in [0.1, 0.15) is 17.5 Å². The van der Waals surface area contributed by atoms with Crippen LogP contribution in [0.25, 0.3) is 0 Å². The largest absolute Gasteiger partial charge is 0.460 e. The lowest BCUT2D eigenvalue weighted by atomic mass is 9.84. The van der Waals surface area contributed by atoms with Gasteiger partial charge in [-0.2, -0.15) is 0 Å². The first-order valence-corrected chi connectivity index (χ1v) is 8.36. The number of aryl methyl sites for hydroxylation is 2. The number of aromatic nitrogens is 3. The molecule has 0 radical (unpaired) electrons. The van der Waals surface area contributed by atoms with Crippen molar-refractivity contribution in [2.45, 2.75) is 38.4 Å². The van der Waals surface area contributed by atoms with Crippen LogP contribution in [0.3, 0.4) is 0 Å². The third kappa shape index (κ3) is 3.21. The Balaban J connectivity index is 1.37. The Bertz CT molecular complexity index is 784. The van der Waals surface area contributed by atoms with E-state index in [9.17, 15) is 4.79 Å². The standard InChI is InChI=1S/C17H20N4O4/c1-11-3-5-18-16(19-11)24-13-4-6-23-17(8-13)9-21(10-17)15(22)14-7-12(2)25-20-14/h3,5,7,13H,4,6,8-10H2,1-2H3/t13-/m1/s1. The Kier molecular flexibility index (Phi) is 3.91. The molecule has 4 heterocycles. The maximum absolute atomic E-state index is 12.4. The molecule has 0 unspecified atom stereocenters. The van der Waals surface area contributed by atoms with Crippen LogP contribution >= 0.6 is 0 Å². The Labute approximate surface area is 145 Å². The molecule has 2 aromatic heterocycles. The lowest BCUT2D eigenvalue weighted by molar-refractivity contribution is -0.174. The number of likely N-dealkylation sites (tertiary alicyclic amines) is 1. The van der Waals surface area contributed by atoms with Gasteiger partial charge in [-0.3, -0.25) is 4.79 Å². The molecule has 0 saturated carbocycles. The summed E-state index contributed by atoms with van der Waals surface area (Å²) in [5.41, 5.74) is 0.862. The average molecular weight is 344 g/mol. The van der Waals surface area contributed by atoms with Gasteiger partial charge in [0.25, 0.3) is 5.91 Å². The monoisotopic (exact) mass is 344 g/mol. The molecule has 132 valence electrons. The van der Waals surface area contributed by atoms with Crippen LogP contribution in [0.15, 0.2) is 22.9 Å². The molecule has 8 nitrogen and oxygen atoms in total. The number of hydrogen-bond donors (Lipinski definition) is 0. The van der Waals surface area contributed by atoms with E-state index in [0.717, 1.165) is 12.1 Å². The zero-order chi connectivity index (χ0) is 17.4. The summed E-state index contributed by atoms with van der Waals surface area (Å²) >= 11 is 0. The zero-order valence-corrected chi connectivity index (χ0v) is 14.3. The molecule has 1 amide bonds. The van der Waals surface area contributed by atoms with E-state index < -0.39 is 0 Å². The SMILES string of the molecule is Cc1ccnc(O[C@@H]2CCOC3(C2)CN(C(=O)c2cc(C)on2)C3)n1. The molecule has 2 aliphatic heterocycles. The molecular formula is C17H20N4O4.